The standard InChI is InChI=1S/C14H17FN2O/c1-3-13(18)7-8-17(4-2)12-6-5-11(10-16)14(15)9-12/h3,5-6,9,13,18H,1,4,7-8H2,2H3/t13-/m0/s1. The number of aliphatic hydroxyl groups is 1. The van der Waals surface area contributed by atoms with Crippen LogP contribution in [0.2, 0.25) is 0 Å². The zero-order valence-corrected chi connectivity index (χ0v) is 10.4. The summed E-state index contributed by atoms with van der Waals surface area (Å²) in [5, 5.41) is 18.1. The number of halogens is 1. The first-order valence-electron chi connectivity index (χ1n) is 5.87. The number of benzene rings is 1. The maximum Gasteiger partial charge on any atom is 0.143 e. The topological polar surface area (TPSA) is 47.3 Å². The van der Waals surface area contributed by atoms with Gasteiger partial charge in [-0.25, -0.2) is 4.39 Å². The van der Waals surface area contributed by atoms with Crippen molar-refractivity contribution in [2.45, 2.75) is 19.4 Å². The van der Waals surface area contributed by atoms with E-state index >= 15 is 0 Å². The van der Waals surface area contributed by atoms with Crippen LogP contribution in [0.15, 0.2) is 30.9 Å². The Morgan fingerprint density at radius 3 is 2.83 bits per heavy atom. The molecule has 0 heterocycles. The number of aliphatic hydroxyl groups excluding tert-OH is 1. The SMILES string of the molecule is C=C[C@H](O)CCN(CC)c1ccc(C#N)c(F)c1. The molecule has 3 nitrogen and oxygen atoms in total. The minimum Gasteiger partial charge on any atom is -0.389 e. The molecule has 0 aromatic heterocycles. The van der Waals surface area contributed by atoms with E-state index in [4.69, 9.17) is 5.26 Å². The lowest BCUT2D eigenvalue weighted by molar-refractivity contribution is 0.215. The molecule has 0 spiro atoms. The van der Waals surface area contributed by atoms with Gasteiger partial charge in [0, 0.05) is 18.8 Å². The van der Waals surface area contributed by atoms with Crippen molar-refractivity contribution in [3.05, 3.63) is 42.2 Å². The molecule has 18 heavy (non-hydrogen) atoms. The van der Waals surface area contributed by atoms with Crippen LogP contribution in [0.1, 0.15) is 18.9 Å². The highest BCUT2D eigenvalue weighted by atomic mass is 19.1. The summed E-state index contributed by atoms with van der Waals surface area (Å²) in [7, 11) is 0. The minimum absolute atomic E-state index is 0.0425. The Balaban J connectivity index is 2.79. The van der Waals surface area contributed by atoms with Gasteiger partial charge in [0.25, 0.3) is 0 Å². The molecule has 1 atom stereocenters. The van der Waals surface area contributed by atoms with Crippen molar-refractivity contribution in [2.24, 2.45) is 0 Å². The predicted octanol–water partition coefficient (Wildman–Crippen LogP) is 2.46. The summed E-state index contributed by atoms with van der Waals surface area (Å²) >= 11 is 0. The summed E-state index contributed by atoms with van der Waals surface area (Å²) in [6, 6.07) is 6.32. The molecular formula is C14H17FN2O. The third kappa shape index (κ3) is 3.57. The Morgan fingerprint density at radius 1 is 1.61 bits per heavy atom. The van der Waals surface area contributed by atoms with Gasteiger partial charge in [-0.2, -0.15) is 5.26 Å². The average Bonchev–Trinajstić information content (AvgIpc) is 2.39. The summed E-state index contributed by atoms with van der Waals surface area (Å²) in [6.45, 7) is 6.77. The van der Waals surface area contributed by atoms with Crippen molar-refractivity contribution in [1.82, 2.24) is 0 Å². The summed E-state index contributed by atoms with van der Waals surface area (Å²) < 4.78 is 13.5. The smallest absolute Gasteiger partial charge is 0.143 e. The van der Waals surface area contributed by atoms with E-state index in [1.807, 2.05) is 11.8 Å². The van der Waals surface area contributed by atoms with Gasteiger partial charge in [0.05, 0.1) is 11.7 Å². The highest BCUT2D eigenvalue weighted by Crippen LogP contribution is 2.18. The number of anilines is 1. The van der Waals surface area contributed by atoms with Crippen molar-refractivity contribution < 1.29 is 9.50 Å². The van der Waals surface area contributed by atoms with E-state index < -0.39 is 11.9 Å². The normalized spacial score (nSPS) is 11.7. The van der Waals surface area contributed by atoms with Gasteiger partial charge in [-0.3, -0.25) is 0 Å². The van der Waals surface area contributed by atoms with E-state index in [1.54, 1.807) is 12.1 Å². The molecule has 0 bridgehead atoms. The Kier molecular flexibility index (Phi) is 5.34. The van der Waals surface area contributed by atoms with E-state index in [9.17, 15) is 9.50 Å². The molecule has 0 saturated heterocycles. The quantitative estimate of drug-likeness (QED) is 0.787. The van der Waals surface area contributed by atoms with Crippen LogP contribution in [-0.4, -0.2) is 24.3 Å². The van der Waals surface area contributed by atoms with Crippen molar-refractivity contribution in [2.75, 3.05) is 18.0 Å². The van der Waals surface area contributed by atoms with Crippen LogP contribution >= 0.6 is 0 Å². The van der Waals surface area contributed by atoms with Gasteiger partial charge >= 0.3 is 0 Å². The number of hydrogen-bond acceptors (Lipinski definition) is 3. The largest absolute Gasteiger partial charge is 0.389 e. The Bertz CT molecular complexity index is 454. The van der Waals surface area contributed by atoms with Crippen molar-refractivity contribution >= 4 is 5.69 Å². The third-order valence-electron chi connectivity index (χ3n) is 2.79. The van der Waals surface area contributed by atoms with Crippen LogP contribution in [0.5, 0.6) is 0 Å². The minimum atomic E-state index is -0.553. The van der Waals surface area contributed by atoms with Crippen molar-refractivity contribution in [1.29, 1.82) is 5.26 Å². The lowest BCUT2D eigenvalue weighted by atomic mass is 10.1. The molecule has 0 aliphatic heterocycles. The molecule has 1 N–H and O–H groups in total. The molecule has 0 fully saturated rings. The average molecular weight is 248 g/mol. The molecule has 1 rings (SSSR count). The van der Waals surface area contributed by atoms with E-state index in [0.29, 0.717) is 25.2 Å². The highest BCUT2D eigenvalue weighted by Gasteiger charge is 2.09. The highest BCUT2D eigenvalue weighted by molar-refractivity contribution is 5.50. The van der Waals surface area contributed by atoms with Gasteiger partial charge in [-0.15, -0.1) is 6.58 Å². The fraction of sp³-hybridized carbons (Fsp3) is 0.357. The molecule has 4 heteroatoms. The molecule has 96 valence electrons. The predicted molar refractivity (Wildman–Crippen MR) is 69.8 cm³/mol. The first kappa shape index (κ1) is 14.2. The summed E-state index contributed by atoms with van der Waals surface area (Å²) in [5.74, 6) is -0.516. The third-order valence-corrected chi connectivity index (χ3v) is 2.79. The lowest BCUT2D eigenvalue weighted by Gasteiger charge is -2.24. The first-order chi connectivity index (χ1) is 8.62. The lowest BCUT2D eigenvalue weighted by Crippen LogP contribution is -2.26. The van der Waals surface area contributed by atoms with Crippen molar-refractivity contribution in [3.63, 3.8) is 0 Å². The maximum absolute atomic E-state index is 13.5. The molecule has 0 amide bonds. The Morgan fingerprint density at radius 2 is 2.33 bits per heavy atom. The fourth-order valence-corrected chi connectivity index (χ4v) is 1.67. The van der Waals surface area contributed by atoms with Crippen LogP contribution in [0.25, 0.3) is 0 Å². The van der Waals surface area contributed by atoms with E-state index in [-0.39, 0.29) is 5.56 Å². The van der Waals surface area contributed by atoms with Gasteiger partial charge in [-0.1, -0.05) is 6.08 Å². The van der Waals surface area contributed by atoms with Crippen LogP contribution in [0.3, 0.4) is 0 Å². The first-order valence-corrected chi connectivity index (χ1v) is 5.87. The van der Waals surface area contributed by atoms with Gasteiger partial charge in [0.2, 0.25) is 0 Å². The molecule has 0 aliphatic rings. The maximum atomic E-state index is 13.5. The summed E-state index contributed by atoms with van der Waals surface area (Å²) in [5.41, 5.74) is 0.756. The van der Waals surface area contributed by atoms with E-state index in [0.717, 1.165) is 0 Å². The van der Waals surface area contributed by atoms with E-state index in [2.05, 4.69) is 6.58 Å². The van der Waals surface area contributed by atoms with Crippen LogP contribution in [-0.2, 0) is 0 Å². The summed E-state index contributed by atoms with van der Waals surface area (Å²) in [6.07, 6.45) is 1.47. The molecule has 0 unspecified atom stereocenters. The number of hydrogen-bond donors (Lipinski definition) is 1. The van der Waals surface area contributed by atoms with Gasteiger partial charge in [-0.05, 0) is 31.5 Å². The number of nitrogens with zero attached hydrogens (tertiary/aromatic N) is 2. The van der Waals surface area contributed by atoms with Crippen LogP contribution in [0, 0.1) is 17.1 Å². The molecule has 0 saturated carbocycles. The van der Waals surface area contributed by atoms with Crippen LogP contribution in [0.4, 0.5) is 10.1 Å². The molecule has 0 radical (unpaired) electrons. The second-order valence-electron chi connectivity index (χ2n) is 3.95. The van der Waals surface area contributed by atoms with Crippen LogP contribution < -0.4 is 4.90 Å². The Labute approximate surface area is 107 Å². The molecule has 1 aromatic rings. The van der Waals surface area contributed by atoms with Gasteiger partial charge in [0.15, 0.2) is 0 Å². The number of nitriles is 1. The zero-order valence-electron chi connectivity index (χ0n) is 10.4. The monoisotopic (exact) mass is 248 g/mol. The Hall–Kier alpha value is -1.86. The molecular weight excluding hydrogens is 231 g/mol. The van der Waals surface area contributed by atoms with E-state index in [1.165, 1.54) is 18.2 Å². The number of rotatable bonds is 6. The van der Waals surface area contributed by atoms with Crippen molar-refractivity contribution in [3.8, 4) is 6.07 Å². The second-order valence-corrected chi connectivity index (χ2v) is 3.95. The molecule has 0 aliphatic carbocycles. The van der Waals surface area contributed by atoms with Gasteiger partial charge < -0.3 is 10.0 Å². The molecule has 1 aromatic carbocycles. The second kappa shape index (κ2) is 6.77. The zero-order chi connectivity index (χ0) is 13.5. The van der Waals surface area contributed by atoms with Gasteiger partial charge in [0.1, 0.15) is 11.9 Å². The fourth-order valence-electron chi connectivity index (χ4n) is 1.67. The summed E-state index contributed by atoms with van der Waals surface area (Å²) in [4.78, 5) is 1.94.